The molecule has 0 saturated heterocycles. The van der Waals surface area contributed by atoms with Crippen molar-refractivity contribution in [3.8, 4) is 51.5 Å². The number of nitrogens with one attached hydrogen (secondary N) is 1. The molecule has 4 aromatic carbocycles. The van der Waals surface area contributed by atoms with Crippen LogP contribution in [0.4, 0.5) is 0 Å². The van der Waals surface area contributed by atoms with E-state index in [1.807, 2.05) is 97.1 Å². The lowest BCUT2D eigenvalue weighted by Crippen LogP contribution is -1.83. The van der Waals surface area contributed by atoms with E-state index in [0.29, 0.717) is 0 Å². The van der Waals surface area contributed by atoms with Crippen LogP contribution in [-0.4, -0.2) is 15.1 Å². The Labute approximate surface area is 187 Å². The number of hydrogen-bond donors (Lipinski definition) is 2. The van der Waals surface area contributed by atoms with E-state index in [-0.39, 0.29) is 5.75 Å². The summed E-state index contributed by atoms with van der Waals surface area (Å²) >= 11 is 0. The second-order valence-corrected chi connectivity index (χ2v) is 7.42. The van der Waals surface area contributed by atoms with E-state index < -0.39 is 0 Å². The van der Waals surface area contributed by atoms with E-state index in [1.165, 1.54) is 0 Å². The number of H-pyrrole nitrogens is 1. The molecule has 2 N–H and O–H groups in total. The van der Waals surface area contributed by atoms with Gasteiger partial charge in [0.2, 0.25) is 0 Å². The zero-order valence-electron chi connectivity index (χ0n) is 17.3. The highest BCUT2D eigenvalue weighted by Gasteiger charge is 2.15. The molecule has 0 atom stereocenters. The van der Waals surface area contributed by atoms with Gasteiger partial charge in [0.25, 0.3) is 0 Å². The van der Waals surface area contributed by atoms with Gasteiger partial charge in [-0.2, -0.15) is 0 Å². The van der Waals surface area contributed by atoms with Crippen molar-refractivity contribution in [2.45, 2.75) is 0 Å². The molecule has 0 aliphatic heterocycles. The fourth-order valence-electron chi connectivity index (χ4n) is 3.53. The van der Waals surface area contributed by atoms with Crippen LogP contribution in [0.1, 0.15) is 11.1 Å². The smallest absolute Gasteiger partial charge is 0.138 e. The predicted octanol–water partition coefficient (Wildman–Crippen LogP) is 6.52. The quantitative estimate of drug-likeness (QED) is 0.332. The number of aromatic hydroxyl groups is 1. The van der Waals surface area contributed by atoms with E-state index >= 15 is 0 Å². The number of rotatable bonds is 3. The Morgan fingerprint density at radius 2 is 1.12 bits per heavy atom. The molecule has 1 heterocycles. The minimum atomic E-state index is 0.238. The Kier molecular flexibility index (Phi) is 5.26. The number of hydrogen-bond acceptors (Lipinski definition) is 2. The molecule has 0 spiro atoms. The first-order valence-electron chi connectivity index (χ1n) is 10.4. The van der Waals surface area contributed by atoms with Gasteiger partial charge in [-0.3, -0.25) is 0 Å². The molecule has 0 radical (unpaired) electrons. The predicted molar refractivity (Wildman–Crippen MR) is 129 cm³/mol. The Balaban J connectivity index is 1.51. The lowest BCUT2D eigenvalue weighted by molar-refractivity contribution is 0.475. The highest BCUT2D eigenvalue weighted by atomic mass is 16.3. The molecule has 152 valence electrons. The number of phenolic OH excluding ortho intramolecular Hbond substituents is 1. The third-order valence-corrected chi connectivity index (χ3v) is 5.19. The van der Waals surface area contributed by atoms with Gasteiger partial charge >= 0.3 is 0 Å². The highest BCUT2D eigenvalue weighted by Crippen LogP contribution is 2.33. The summed E-state index contributed by atoms with van der Waals surface area (Å²) in [6, 6.07) is 35.3. The molecule has 1 aromatic heterocycles. The maximum Gasteiger partial charge on any atom is 0.138 e. The van der Waals surface area contributed by atoms with Crippen LogP contribution in [0.3, 0.4) is 0 Å². The summed E-state index contributed by atoms with van der Waals surface area (Å²) < 4.78 is 0. The number of phenols is 1. The molecule has 0 fully saturated rings. The Hall–Kier alpha value is -4.55. The molecule has 5 rings (SSSR count). The second kappa shape index (κ2) is 8.67. The molecule has 0 aliphatic rings. The summed E-state index contributed by atoms with van der Waals surface area (Å²) in [7, 11) is 0. The summed E-state index contributed by atoms with van der Waals surface area (Å²) in [5, 5.41) is 9.68. The van der Waals surface area contributed by atoms with Crippen LogP contribution in [-0.2, 0) is 0 Å². The number of aromatic nitrogens is 2. The van der Waals surface area contributed by atoms with Gasteiger partial charge in [-0.1, -0.05) is 72.5 Å². The van der Waals surface area contributed by atoms with E-state index in [2.05, 4.69) is 16.8 Å². The molecular formula is C29H20N2O. The second-order valence-electron chi connectivity index (χ2n) is 7.42. The molecule has 0 unspecified atom stereocenters. The van der Waals surface area contributed by atoms with Crippen molar-refractivity contribution in [3.05, 3.63) is 120 Å². The van der Waals surface area contributed by atoms with Crippen molar-refractivity contribution < 1.29 is 5.11 Å². The topological polar surface area (TPSA) is 48.9 Å². The fraction of sp³-hybridized carbons (Fsp3) is 0. The van der Waals surface area contributed by atoms with E-state index in [4.69, 9.17) is 4.98 Å². The van der Waals surface area contributed by atoms with Crippen molar-refractivity contribution in [2.75, 3.05) is 0 Å². The summed E-state index contributed by atoms with van der Waals surface area (Å²) in [4.78, 5) is 8.40. The van der Waals surface area contributed by atoms with E-state index in [9.17, 15) is 5.11 Å². The summed E-state index contributed by atoms with van der Waals surface area (Å²) in [5.74, 6) is 7.42. The van der Waals surface area contributed by atoms with Crippen molar-refractivity contribution in [1.82, 2.24) is 9.97 Å². The molecule has 32 heavy (non-hydrogen) atoms. The van der Waals surface area contributed by atoms with Crippen LogP contribution in [0.5, 0.6) is 5.75 Å². The SMILES string of the molecule is Oc1ccc(-c2[nH]c(-c3ccc(C#Cc4ccccc4)cc3)nc2-c2ccccc2)cc1. The van der Waals surface area contributed by atoms with Crippen LogP contribution >= 0.6 is 0 Å². The molecule has 0 amide bonds. The minimum absolute atomic E-state index is 0.238. The first-order valence-corrected chi connectivity index (χ1v) is 10.4. The van der Waals surface area contributed by atoms with Gasteiger partial charge in [0.1, 0.15) is 11.6 Å². The fourth-order valence-corrected chi connectivity index (χ4v) is 3.53. The van der Waals surface area contributed by atoms with Crippen molar-refractivity contribution >= 4 is 0 Å². The van der Waals surface area contributed by atoms with E-state index in [0.717, 1.165) is 45.0 Å². The van der Waals surface area contributed by atoms with Gasteiger partial charge in [-0.05, 0) is 48.5 Å². The third-order valence-electron chi connectivity index (χ3n) is 5.19. The number of imidazole rings is 1. The lowest BCUT2D eigenvalue weighted by Gasteiger charge is -2.03. The average molecular weight is 412 g/mol. The summed E-state index contributed by atoms with van der Waals surface area (Å²) in [6.45, 7) is 0. The summed E-state index contributed by atoms with van der Waals surface area (Å²) in [6.07, 6.45) is 0. The first kappa shape index (κ1) is 19.4. The van der Waals surface area contributed by atoms with Crippen LogP contribution in [0.15, 0.2) is 109 Å². The molecule has 0 saturated carbocycles. The van der Waals surface area contributed by atoms with Gasteiger partial charge in [0, 0.05) is 27.8 Å². The van der Waals surface area contributed by atoms with Gasteiger partial charge < -0.3 is 10.1 Å². The van der Waals surface area contributed by atoms with Crippen molar-refractivity contribution in [3.63, 3.8) is 0 Å². The first-order chi connectivity index (χ1) is 15.8. The molecule has 0 bridgehead atoms. The van der Waals surface area contributed by atoms with Crippen molar-refractivity contribution in [2.24, 2.45) is 0 Å². The zero-order chi connectivity index (χ0) is 21.8. The molecule has 0 aliphatic carbocycles. The normalized spacial score (nSPS) is 10.4. The lowest BCUT2D eigenvalue weighted by atomic mass is 10.1. The van der Waals surface area contributed by atoms with E-state index in [1.54, 1.807) is 12.1 Å². The summed E-state index contributed by atoms with van der Waals surface area (Å²) in [5.41, 5.74) is 6.71. The van der Waals surface area contributed by atoms with Crippen molar-refractivity contribution in [1.29, 1.82) is 0 Å². The molecular weight excluding hydrogens is 392 g/mol. The maximum absolute atomic E-state index is 9.68. The number of nitrogens with zero attached hydrogens (tertiary/aromatic N) is 1. The number of aromatic amines is 1. The molecule has 3 heteroatoms. The minimum Gasteiger partial charge on any atom is -0.508 e. The van der Waals surface area contributed by atoms with Gasteiger partial charge in [0.05, 0.1) is 11.4 Å². The van der Waals surface area contributed by atoms with Crippen LogP contribution in [0, 0.1) is 11.8 Å². The van der Waals surface area contributed by atoms with Gasteiger partial charge in [-0.15, -0.1) is 0 Å². The van der Waals surface area contributed by atoms with Crippen LogP contribution < -0.4 is 0 Å². The monoisotopic (exact) mass is 412 g/mol. The Bertz CT molecular complexity index is 1390. The highest BCUT2D eigenvalue weighted by molar-refractivity contribution is 5.81. The molecule has 5 aromatic rings. The molecule has 3 nitrogen and oxygen atoms in total. The third kappa shape index (κ3) is 4.16. The van der Waals surface area contributed by atoms with Crippen LogP contribution in [0.25, 0.3) is 33.9 Å². The Morgan fingerprint density at radius 1 is 0.562 bits per heavy atom. The van der Waals surface area contributed by atoms with Gasteiger partial charge in [-0.25, -0.2) is 4.98 Å². The zero-order valence-corrected chi connectivity index (χ0v) is 17.3. The maximum atomic E-state index is 9.68. The largest absolute Gasteiger partial charge is 0.508 e. The van der Waals surface area contributed by atoms with Gasteiger partial charge in [0.15, 0.2) is 0 Å². The average Bonchev–Trinajstić information content (AvgIpc) is 3.30. The van der Waals surface area contributed by atoms with Crippen LogP contribution in [0.2, 0.25) is 0 Å². The standard InChI is InChI=1S/C29H20N2O/c32-26-19-17-24(18-20-26)28-27(23-9-5-2-6-10-23)30-29(31-28)25-15-13-22(14-16-25)12-11-21-7-3-1-4-8-21/h1-10,13-20,32H,(H,30,31). The Morgan fingerprint density at radius 3 is 1.78 bits per heavy atom. The number of benzene rings is 4.